The summed E-state index contributed by atoms with van der Waals surface area (Å²) in [5, 5.41) is 21.4. The summed E-state index contributed by atoms with van der Waals surface area (Å²) < 4.78 is 5.24. The molecular formula is C15H12ClNO5. The van der Waals surface area contributed by atoms with Gasteiger partial charge in [0.1, 0.15) is 11.5 Å². The Hall–Kier alpha value is -2.73. The molecule has 0 radical (unpaired) electrons. The first kappa shape index (κ1) is 15.7. The fraction of sp³-hybridized carbons (Fsp3) is 0.0667. The molecule has 0 aliphatic rings. The van der Waals surface area contributed by atoms with Gasteiger partial charge in [0.05, 0.1) is 11.3 Å². The van der Waals surface area contributed by atoms with Crippen LogP contribution in [0, 0.1) is 0 Å². The number of carbonyl (C=O) groups excluding carboxylic acids is 1. The number of carbonyl (C=O) groups is 2. The van der Waals surface area contributed by atoms with Crippen molar-refractivity contribution in [2.24, 2.45) is 0 Å². The van der Waals surface area contributed by atoms with Crippen LogP contribution < -0.4 is 10.1 Å². The molecule has 6 nitrogen and oxygen atoms in total. The highest BCUT2D eigenvalue weighted by Gasteiger charge is 2.11. The van der Waals surface area contributed by atoms with E-state index in [9.17, 15) is 14.7 Å². The van der Waals surface area contributed by atoms with Crippen LogP contribution in [0.2, 0.25) is 5.02 Å². The lowest BCUT2D eigenvalue weighted by atomic mass is 10.2. The first-order chi connectivity index (χ1) is 10.5. The minimum absolute atomic E-state index is 0.00426. The van der Waals surface area contributed by atoms with E-state index in [2.05, 4.69) is 5.32 Å². The molecule has 0 aliphatic carbocycles. The maximum absolute atomic E-state index is 11.8. The summed E-state index contributed by atoms with van der Waals surface area (Å²) in [5.74, 6) is -1.46. The van der Waals surface area contributed by atoms with Gasteiger partial charge in [-0.1, -0.05) is 11.6 Å². The Labute approximate surface area is 130 Å². The van der Waals surface area contributed by atoms with Crippen LogP contribution >= 0.6 is 11.6 Å². The van der Waals surface area contributed by atoms with E-state index in [1.54, 1.807) is 24.3 Å². The van der Waals surface area contributed by atoms with Crippen molar-refractivity contribution in [2.45, 2.75) is 0 Å². The molecule has 2 aromatic rings. The molecule has 0 aromatic heterocycles. The molecule has 2 aromatic carbocycles. The zero-order chi connectivity index (χ0) is 16.1. The lowest BCUT2D eigenvalue weighted by molar-refractivity contribution is -0.118. The van der Waals surface area contributed by atoms with Gasteiger partial charge in [0.2, 0.25) is 0 Å². The molecule has 0 bridgehead atoms. The number of aromatic carboxylic acids is 1. The van der Waals surface area contributed by atoms with Gasteiger partial charge in [0, 0.05) is 5.02 Å². The second-order valence-corrected chi connectivity index (χ2v) is 4.76. The van der Waals surface area contributed by atoms with Crippen molar-refractivity contribution in [1.29, 1.82) is 0 Å². The van der Waals surface area contributed by atoms with E-state index in [0.29, 0.717) is 10.8 Å². The summed E-state index contributed by atoms with van der Waals surface area (Å²) in [6, 6.07) is 10.1. The summed E-state index contributed by atoms with van der Waals surface area (Å²) in [4.78, 5) is 22.6. The summed E-state index contributed by atoms with van der Waals surface area (Å²) >= 11 is 5.73. The number of phenolic OH excluding ortho intramolecular Hbond substituents is 1. The molecule has 0 fully saturated rings. The number of benzene rings is 2. The Morgan fingerprint density at radius 2 is 1.82 bits per heavy atom. The predicted molar refractivity (Wildman–Crippen MR) is 80.6 cm³/mol. The molecule has 114 valence electrons. The van der Waals surface area contributed by atoms with Crippen molar-refractivity contribution >= 4 is 29.2 Å². The number of rotatable bonds is 5. The quantitative estimate of drug-likeness (QED) is 0.736. The molecule has 22 heavy (non-hydrogen) atoms. The van der Waals surface area contributed by atoms with Gasteiger partial charge in [-0.2, -0.15) is 0 Å². The van der Waals surface area contributed by atoms with E-state index in [4.69, 9.17) is 21.4 Å². The third-order valence-corrected chi connectivity index (χ3v) is 2.95. The predicted octanol–water partition coefficient (Wildman–Crippen LogP) is 2.76. The van der Waals surface area contributed by atoms with Crippen LogP contribution in [0.4, 0.5) is 5.69 Å². The van der Waals surface area contributed by atoms with E-state index in [1.807, 2.05) is 0 Å². The standard InChI is InChI=1S/C15H12ClNO5/c16-10-2-4-11(5-3-10)22-8-14(19)17-12-7-9(15(20)21)1-6-13(12)18/h1-7,18H,8H2,(H,17,19)(H,20,21). The Balaban J connectivity index is 1.98. The van der Waals surface area contributed by atoms with E-state index < -0.39 is 11.9 Å². The molecule has 0 saturated heterocycles. The van der Waals surface area contributed by atoms with Gasteiger partial charge in [-0.15, -0.1) is 0 Å². The maximum Gasteiger partial charge on any atom is 0.335 e. The SMILES string of the molecule is O=C(COc1ccc(Cl)cc1)Nc1cc(C(=O)O)ccc1O. The normalized spacial score (nSPS) is 10.0. The number of carboxylic acid groups (broad SMARTS) is 1. The van der Waals surface area contributed by atoms with Crippen molar-refractivity contribution in [2.75, 3.05) is 11.9 Å². The fourth-order valence-electron chi connectivity index (χ4n) is 1.64. The largest absolute Gasteiger partial charge is 0.506 e. The molecule has 0 saturated carbocycles. The Kier molecular flexibility index (Phi) is 4.85. The molecule has 0 aliphatic heterocycles. The molecule has 2 rings (SSSR count). The number of aromatic hydroxyl groups is 1. The minimum Gasteiger partial charge on any atom is -0.506 e. The molecule has 0 spiro atoms. The van der Waals surface area contributed by atoms with Crippen molar-refractivity contribution in [3.63, 3.8) is 0 Å². The maximum atomic E-state index is 11.8. The highest BCUT2D eigenvalue weighted by molar-refractivity contribution is 6.30. The number of phenols is 1. The average molecular weight is 322 g/mol. The summed E-state index contributed by atoms with van der Waals surface area (Å²) in [7, 11) is 0. The number of amides is 1. The highest BCUT2D eigenvalue weighted by atomic mass is 35.5. The summed E-state index contributed by atoms with van der Waals surface area (Å²) in [6.45, 7) is -0.293. The fourth-order valence-corrected chi connectivity index (χ4v) is 1.76. The van der Waals surface area contributed by atoms with Crippen molar-refractivity contribution in [3.8, 4) is 11.5 Å². The number of halogens is 1. The van der Waals surface area contributed by atoms with Gasteiger partial charge < -0.3 is 20.3 Å². The average Bonchev–Trinajstić information content (AvgIpc) is 2.48. The number of hydrogen-bond donors (Lipinski definition) is 3. The Morgan fingerprint density at radius 1 is 1.14 bits per heavy atom. The number of hydrogen-bond acceptors (Lipinski definition) is 4. The lowest BCUT2D eigenvalue weighted by Gasteiger charge is -2.09. The van der Waals surface area contributed by atoms with Gasteiger partial charge in [-0.3, -0.25) is 4.79 Å². The van der Waals surface area contributed by atoms with Gasteiger partial charge in [-0.25, -0.2) is 4.79 Å². The van der Waals surface area contributed by atoms with Gasteiger partial charge >= 0.3 is 5.97 Å². The van der Waals surface area contributed by atoms with Gasteiger partial charge in [0.25, 0.3) is 5.91 Å². The van der Waals surface area contributed by atoms with Crippen LogP contribution in [0.25, 0.3) is 0 Å². The number of ether oxygens (including phenoxy) is 1. The number of nitrogens with one attached hydrogen (secondary N) is 1. The second kappa shape index (κ2) is 6.82. The monoisotopic (exact) mass is 321 g/mol. The molecule has 0 unspecified atom stereocenters. The first-order valence-electron chi connectivity index (χ1n) is 6.20. The Bertz CT molecular complexity index is 700. The molecule has 7 heteroatoms. The van der Waals surface area contributed by atoms with Crippen LogP contribution in [0.1, 0.15) is 10.4 Å². The molecule has 0 heterocycles. The molecular weight excluding hydrogens is 310 g/mol. The zero-order valence-electron chi connectivity index (χ0n) is 11.2. The van der Waals surface area contributed by atoms with Crippen molar-refractivity contribution in [3.05, 3.63) is 53.1 Å². The molecule has 3 N–H and O–H groups in total. The third kappa shape index (κ3) is 4.13. The molecule has 0 atom stereocenters. The third-order valence-electron chi connectivity index (χ3n) is 2.70. The van der Waals surface area contributed by atoms with Crippen LogP contribution in [0.3, 0.4) is 0 Å². The van der Waals surface area contributed by atoms with E-state index in [0.717, 1.165) is 6.07 Å². The number of carboxylic acids is 1. The summed E-state index contributed by atoms with van der Waals surface area (Å²) in [6.07, 6.45) is 0. The summed E-state index contributed by atoms with van der Waals surface area (Å²) in [5.41, 5.74) is -0.0451. The van der Waals surface area contributed by atoms with E-state index >= 15 is 0 Å². The lowest BCUT2D eigenvalue weighted by Crippen LogP contribution is -2.20. The minimum atomic E-state index is -1.16. The van der Waals surface area contributed by atoms with E-state index in [-0.39, 0.29) is 23.6 Å². The van der Waals surface area contributed by atoms with Crippen molar-refractivity contribution in [1.82, 2.24) is 0 Å². The highest BCUT2D eigenvalue weighted by Crippen LogP contribution is 2.24. The number of anilines is 1. The van der Waals surface area contributed by atoms with Crippen LogP contribution in [-0.4, -0.2) is 28.7 Å². The van der Waals surface area contributed by atoms with Crippen molar-refractivity contribution < 1.29 is 24.5 Å². The topological polar surface area (TPSA) is 95.9 Å². The first-order valence-corrected chi connectivity index (χ1v) is 6.58. The molecule has 1 amide bonds. The Morgan fingerprint density at radius 3 is 2.45 bits per heavy atom. The zero-order valence-corrected chi connectivity index (χ0v) is 12.0. The second-order valence-electron chi connectivity index (χ2n) is 4.33. The van der Waals surface area contributed by atoms with Gasteiger partial charge in [-0.05, 0) is 42.5 Å². The van der Waals surface area contributed by atoms with Gasteiger partial charge in [0.15, 0.2) is 6.61 Å². The van der Waals surface area contributed by atoms with Crippen LogP contribution in [-0.2, 0) is 4.79 Å². The smallest absolute Gasteiger partial charge is 0.335 e. The van der Waals surface area contributed by atoms with Crippen LogP contribution in [0.5, 0.6) is 11.5 Å². The van der Waals surface area contributed by atoms with E-state index in [1.165, 1.54) is 12.1 Å². The van der Waals surface area contributed by atoms with Crippen LogP contribution in [0.15, 0.2) is 42.5 Å².